The average molecular weight is 361 g/mol. The van der Waals surface area contributed by atoms with Crippen LogP contribution in [0.4, 0.5) is 4.39 Å². The Balaban J connectivity index is 1.98. The zero-order chi connectivity index (χ0) is 18.1. The van der Waals surface area contributed by atoms with E-state index in [4.69, 9.17) is 0 Å². The van der Waals surface area contributed by atoms with Crippen LogP contribution in [-0.2, 0) is 6.54 Å². The van der Waals surface area contributed by atoms with Gasteiger partial charge in [-0.2, -0.15) is 0 Å². The number of halogens is 1. The van der Waals surface area contributed by atoms with E-state index in [9.17, 15) is 19.1 Å². The minimum atomic E-state index is -0.698. The van der Waals surface area contributed by atoms with Gasteiger partial charge in [-0.25, -0.2) is 9.37 Å². The lowest BCUT2D eigenvalue weighted by Gasteiger charge is -2.14. The van der Waals surface area contributed by atoms with Crippen LogP contribution in [0.3, 0.4) is 0 Å². The van der Waals surface area contributed by atoms with Crippen LogP contribution in [-0.4, -0.2) is 20.6 Å². The molecule has 0 unspecified atom stereocenters. The van der Waals surface area contributed by atoms with Gasteiger partial charge in [-0.15, -0.1) is 11.3 Å². The zero-order valence-corrected chi connectivity index (χ0v) is 14.4. The smallest absolute Gasteiger partial charge is 0.268 e. The van der Waals surface area contributed by atoms with Crippen molar-refractivity contribution in [3.05, 3.63) is 57.1 Å². The molecule has 2 aromatic heterocycles. The number of hydrogen-bond donors (Lipinski definition) is 2. The van der Waals surface area contributed by atoms with Gasteiger partial charge in [-0.3, -0.25) is 14.2 Å². The molecule has 130 valence electrons. The van der Waals surface area contributed by atoms with Gasteiger partial charge in [0.25, 0.3) is 11.5 Å². The van der Waals surface area contributed by atoms with Gasteiger partial charge in [0.1, 0.15) is 21.7 Å². The van der Waals surface area contributed by atoms with E-state index in [1.807, 2.05) is 13.8 Å². The lowest BCUT2D eigenvalue weighted by Crippen LogP contribution is -2.33. The molecule has 0 radical (unpaired) electrons. The molecule has 0 aliphatic rings. The monoisotopic (exact) mass is 361 g/mol. The Labute approximate surface area is 146 Å². The second kappa shape index (κ2) is 6.64. The number of amides is 1. The van der Waals surface area contributed by atoms with E-state index in [0.717, 1.165) is 0 Å². The number of nitrogens with zero attached hydrogens (tertiary/aromatic N) is 2. The van der Waals surface area contributed by atoms with E-state index >= 15 is 0 Å². The normalized spacial score (nSPS) is 11.2. The minimum absolute atomic E-state index is 0.106. The second-order valence-corrected chi connectivity index (χ2v) is 6.64. The van der Waals surface area contributed by atoms with E-state index < -0.39 is 17.2 Å². The third-order valence-corrected chi connectivity index (χ3v) is 4.60. The van der Waals surface area contributed by atoms with E-state index in [0.29, 0.717) is 10.4 Å². The summed E-state index contributed by atoms with van der Waals surface area (Å²) in [6.45, 7) is 3.74. The van der Waals surface area contributed by atoms with E-state index in [1.54, 1.807) is 0 Å². The van der Waals surface area contributed by atoms with E-state index in [-0.39, 0.29) is 29.5 Å². The fourth-order valence-electron chi connectivity index (χ4n) is 2.55. The van der Waals surface area contributed by atoms with Gasteiger partial charge in [0.05, 0.1) is 5.51 Å². The van der Waals surface area contributed by atoms with Gasteiger partial charge in [0.15, 0.2) is 5.75 Å². The number of carbonyl (C=O) groups excluding carboxylic acids is 1. The first kappa shape index (κ1) is 17.1. The van der Waals surface area contributed by atoms with Gasteiger partial charge >= 0.3 is 0 Å². The molecule has 0 aliphatic carbocycles. The van der Waals surface area contributed by atoms with Crippen molar-refractivity contribution in [1.82, 2.24) is 14.9 Å². The summed E-state index contributed by atoms with van der Waals surface area (Å²) in [4.78, 5) is 29.8. The first-order valence-corrected chi connectivity index (χ1v) is 8.51. The van der Waals surface area contributed by atoms with Crippen LogP contribution >= 0.6 is 11.3 Å². The first-order chi connectivity index (χ1) is 11.9. The summed E-state index contributed by atoms with van der Waals surface area (Å²) in [5, 5.41) is 12.9. The van der Waals surface area contributed by atoms with Crippen molar-refractivity contribution in [3.8, 4) is 5.75 Å². The van der Waals surface area contributed by atoms with E-state index in [2.05, 4.69) is 10.3 Å². The second-order valence-electron chi connectivity index (χ2n) is 5.81. The first-order valence-electron chi connectivity index (χ1n) is 7.63. The van der Waals surface area contributed by atoms with Crippen LogP contribution in [0.1, 0.15) is 35.8 Å². The Morgan fingerprint density at radius 2 is 2.04 bits per heavy atom. The van der Waals surface area contributed by atoms with Gasteiger partial charge in [0, 0.05) is 12.6 Å². The van der Waals surface area contributed by atoms with E-state index in [1.165, 1.54) is 45.7 Å². The summed E-state index contributed by atoms with van der Waals surface area (Å²) >= 11 is 1.23. The summed E-state index contributed by atoms with van der Waals surface area (Å²) in [5.74, 6) is -1.49. The van der Waals surface area contributed by atoms with Crippen molar-refractivity contribution >= 4 is 27.6 Å². The van der Waals surface area contributed by atoms with Crippen LogP contribution in [0.25, 0.3) is 10.3 Å². The predicted octanol–water partition coefficient (Wildman–Crippen LogP) is 2.81. The van der Waals surface area contributed by atoms with Crippen LogP contribution in [0.15, 0.2) is 34.6 Å². The summed E-state index contributed by atoms with van der Waals surface area (Å²) in [7, 11) is 0. The van der Waals surface area contributed by atoms with Crippen molar-refractivity contribution in [2.24, 2.45) is 0 Å². The maximum absolute atomic E-state index is 12.9. The number of nitrogens with one attached hydrogen (secondary N) is 1. The number of fused-ring (bicyclic) bond motifs is 1. The fourth-order valence-corrected chi connectivity index (χ4v) is 3.48. The lowest BCUT2D eigenvalue weighted by molar-refractivity contribution is 0.0946. The standard InChI is InChI=1S/C17H16FN3O3S/c1-9(2)21-16(24)12(14(22)13-17(21)25-8-20-13)15(23)19-7-10-3-5-11(18)6-4-10/h3-6,8-9,22H,7H2,1-2H3,(H,19,23). The Bertz CT molecular complexity index is 993. The molecule has 0 aliphatic heterocycles. The molecule has 0 atom stereocenters. The number of carbonyl (C=O) groups is 1. The summed E-state index contributed by atoms with van der Waals surface area (Å²) in [6.07, 6.45) is 0. The predicted molar refractivity (Wildman–Crippen MR) is 93.5 cm³/mol. The molecule has 0 saturated heterocycles. The Hall–Kier alpha value is -2.74. The summed E-state index contributed by atoms with van der Waals surface area (Å²) < 4.78 is 14.4. The molecule has 2 N–H and O–H groups in total. The van der Waals surface area contributed by atoms with Crippen LogP contribution in [0, 0.1) is 5.82 Å². The quantitative estimate of drug-likeness (QED) is 0.748. The maximum Gasteiger partial charge on any atom is 0.268 e. The average Bonchev–Trinajstić information content (AvgIpc) is 3.03. The number of hydrogen-bond acceptors (Lipinski definition) is 5. The Morgan fingerprint density at radius 1 is 1.36 bits per heavy atom. The molecule has 1 amide bonds. The molecule has 0 fully saturated rings. The van der Waals surface area contributed by atoms with Crippen molar-refractivity contribution in [3.63, 3.8) is 0 Å². The highest BCUT2D eigenvalue weighted by Gasteiger charge is 2.24. The summed E-state index contributed by atoms with van der Waals surface area (Å²) in [5.41, 5.74) is 1.51. The van der Waals surface area contributed by atoms with Crippen molar-refractivity contribution in [2.75, 3.05) is 0 Å². The molecule has 0 saturated carbocycles. The third-order valence-electron chi connectivity index (χ3n) is 3.77. The molecule has 6 nitrogen and oxygen atoms in total. The number of aromatic hydroxyl groups is 1. The summed E-state index contributed by atoms with van der Waals surface area (Å²) in [6, 6.07) is 5.44. The number of benzene rings is 1. The maximum atomic E-state index is 12.9. The zero-order valence-electron chi connectivity index (χ0n) is 13.6. The van der Waals surface area contributed by atoms with Crippen molar-refractivity contribution in [1.29, 1.82) is 0 Å². The molecule has 0 bridgehead atoms. The Morgan fingerprint density at radius 3 is 2.68 bits per heavy atom. The number of thiazole rings is 1. The molecule has 2 heterocycles. The number of pyridine rings is 1. The molecular formula is C17H16FN3O3S. The van der Waals surface area contributed by atoms with Gasteiger partial charge in [0.2, 0.25) is 0 Å². The third kappa shape index (κ3) is 3.12. The van der Waals surface area contributed by atoms with Gasteiger partial charge < -0.3 is 10.4 Å². The SMILES string of the molecule is CC(C)n1c(=O)c(C(=O)NCc2ccc(F)cc2)c(O)c2ncsc21. The number of aromatic nitrogens is 2. The molecule has 8 heteroatoms. The van der Waals surface area contributed by atoms with Crippen molar-refractivity contribution in [2.45, 2.75) is 26.4 Å². The highest BCUT2D eigenvalue weighted by molar-refractivity contribution is 7.16. The fraction of sp³-hybridized carbons (Fsp3) is 0.235. The highest BCUT2D eigenvalue weighted by atomic mass is 32.1. The molecule has 25 heavy (non-hydrogen) atoms. The minimum Gasteiger partial charge on any atom is -0.505 e. The van der Waals surface area contributed by atoms with Crippen molar-refractivity contribution < 1.29 is 14.3 Å². The largest absolute Gasteiger partial charge is 0.505 e. The lowest BCUT2D eigenvalue weighted by atomic mass is 10.2. The molecule has 3 rings (SSSR count). The topological polar surface area (TPSA) is 84.2 Å². The molecule has 1 aromatic carbocycles. The van der Waals surface area contributed by atoms with Crippen LogP contribution in [0.2, 0.25) is 0 Å². The van der Waals surface area contributed by atoms with Gasteiger partial charge in [-0.05, 0) is 31.5 Å². The van der Waals surface area contributed by atoms with Crippen LogP contribution < -0.4 is 10.9 Å². The Kier molecular flexibility index (Phi) is 4.54. The number of rotatable bonds is 4. The highest BCUT2D eigenvalue weighted by Crippen LogP contribution is 2.29. The molecule has 3 aromatic rings. The molecule has 0 spiro atoms. The van der Waals surface area contributed by atoms with Gasteiger partial charge in [-0.1, -0.05) is 12.1 Å². The molecular weight excluding hydrogens is 345 g/mol. The van der Waals surface area contributed by atoms with Crippen LogP contribution in [0.5, 0.6) is 5.75 Å².